The van der Waals surface area contributed by atoms with Crippen molar-refractivity contribution in [2.45, 2.75) is 6.54 Å². The van der Waals surface area contributed by atoms with Gasteiger partial charge in [-0.1, -0.05) is 18.2 Å². The quantitative estimate of drug-likeness (QED) is 0.444. The van der Waals surface area contributed by atoms with Crippen molar-refractivity contribution in [2.24, 2.45) is 0 Å². The molecule has 0 saturated carbocycles. The summed E-state index contributed by atoms with van der Waals surface area (Å²) in [5, 5.41) is 13.3. The first-order chi connectivity index (χ1) is 6.75. The molecule has 0 aliphatic carbocycles. The van der Waals surface area contributed by atoms with E-state index in [-0.39, 0.29) is 12.2 Å². The van der Waals surface area contributed by atoms with E-state index in [9.17, 15) is 14.5 Å². The molecule has 0 unspecified atom stereocenters. The van der Waals surface area contributed by atoms with Crippen molar-refractivity contribution in [1.29, 1.82) is 0 Å². The van der Waals surface area contributed by atoms with E-state index in [2.05, 4.69) is 5.32 Å². The van der Waals surface area contributed by atoms with Crippen LogP contribution in [0.4, 0.5) is 10.1 Å². The summed E-state index contributed by atoms with van der Waals surface area (Å²) in [5.74, 6) is 0. The highest BCUT2D eigenvalue weighted by Crippen LogP contribution is 2.16. The van der Waals surface area contributed by atoms with Gasteiger partial charge in [0.1, 0.15) is 6.67 Å². The second kappa shape index (κ2) is 5.29. The first-order valence-electron chi connectivity index (χ1n) is 4.24. The van der Waals surface area contributed by atoms with E-state index in [1.807, 2.05) is 0 Å². The molecule has 1 rings (SSSR count). The standard InChI is InChI=1S/C9H11FN2O2/c10-5-6-11-7-8-3-1-2-4-9(8)12(13)14/h1-4,11H,5-7H2. The molecule has 4 nitrogen and oxygen atoms in total. The van der Waals surface area contributed by atoms with Gasteiger partial charge in [-0.05, 0) is 0 Å². The van der Waals surface area contributed by atoms with E-state index < -0.39 is 11.6 Å². The zero-order valence-electron chi connectivity index (χ0n) is 7.57. The Balaban J connectivity index is 2.69. The molecule has 1 aromatic rings. The lowest BCUT2D eigenvalue weighted by Gasteiger charge is -2.02. The number of rotatable bonds is 5. The molecule has 0 aromatic heterocycles. The highest BCUT2D eigenvalue weighted by Gasteiger charge is 2.10. The lowest BCUT2D eigenvalue weighted by Crippen LogP contribution is -2.16. The van der Waals surface area contributed by atoms with Crippen LogP contribution in [0.3, 0.4) is 0 Å². The maximum Gasteiger partial charge on any atom is 0.273 e. The van der Waals surface area contributed by atoms with Gasteiger partial charge in [0.25, 0.3) is 5.69 Å². The summed E-state index contributed by atoms with van der Waals surface area (Å²) in [6.07, 6.45) is 0. The minimum Gasteiger partial charge on any atom is -0.310 e. The number of nitro groups is 1. The van der Waals surface area contributed by atoms with Crippen LogP contribution in [0.5, 0.6) is 0 Å². The third-order valence-corrected chi connectivity index (χ3v) is 1.78. The molecule has 0 fully saturated rings. The molecule has 0 aliphatic rings. The molecule has 0 atom stereocenters. The number of alkyl halides is 1. The van der Waals surface area contributed by atoms with Gasteiger partial charge in [-0.2, -0.15) is 0 Å². The number of hydrogen-bond acceptors (Lipinski definition) is 3. The summed E-state index contributed by atoms with van der Waals surface area (Å²) in [6, 6.07) is 6.42. The fraction of sp³-hybridized carbons (Fsp3) is 0.333. The predicted molar refractivity (Wildman–Crippen MR) is 50.8 cm³/mol. The molecule has 76 valence electrons. The Labute approximate surface area is 80.9 Å². The molecule has 1 N–H and O–H groups in total. The van der Waals surface area contributed by atoms with Gasteiger partial charge in [-0.15, -0.1) is 0 Å². The Morgan fingerprint density at radius 2 is 2.14 bits per heavy atom. The fourth-order valence-corrected chi connectivity index (χ4v) is 1.13. The SMILES string of the molecule is O=[N+]([O-])c1ccccc1CNCCF. The van der Waals surface area contributed by atoms with Crippen LogP contribution < -0.4 is 5.32 Å². The van der Waals surface area contributed by atoms with Gasteiger partial charge in [-0.25, -0.2) is 4.39 Å². The predicted octanol–water partition coefficient (Wildman–Crippen LogP) is 1.65. The molecule has 5 heteroatoms. The largest absolute Gasteiger partial charge is 0.310 e. The molecule has 0 bridgehead atoms. The first kappa shape index (κ1) is 10.6. The van der Waals surface area contributed by atoms with E-state index in [4.69, 9.17) is 0 Å². The minimum absolute atomic E-state index is 0.0684. The average molecular weight is 198 g/mol. The average Bonchev–Trinajstić information content (AvgIpc) is 2.19. The Morgan fingerprint density at radius 1 is 1.43 bits per heavy atom. The number of nitro benzene ring substituents is 1. The summed E-state index contributed by atoms with van der Waals surface area (Å²) >= 11 is 0. The maximum atomic E-state index is 11.8. The van der Waals surface area contributed by atoms with E-state index >= 15 is 0 Å². The van der Waals surface area contributed by atoms with Crippen LogP contribution in [0, 0.1) is 10.1 Å². The monoisotopic (exact) mass is 198 g/mol. The van der Waals surface area contributed by atoms with E-state index in [1.54, 1.807) is 18.2 Å². The van der Waals surface area contributed by atoms with Crippen LogP contribution in [0.15, 0.2) is 24.3 Å². The second-order valence-electron chi connectivity index (χ2n) is 2.75. The van der Waals surface area contributed by atoms with Gasteiger partial charge in [-0.3, -0.25) is 10.1 Å². The van der Waals surface area contributed by atoms with Gasteiger partial charge in [0.15, 0.2) is 0 Å². The van der Waals surface area contributed by atoms with Crippen molar-refractivity contribution in [3.8, 4) is 0 Å². The summed E-state index contributed by atoms with van der Waals surface area (Å²) in [7, 11) is 0. The van der Waals surface area contributed by atoms with Gasteiger partial charge >= 0.3 is 0 Å². The van der Waals surface area contributed by atoms with Crippen LogP contribution in [0.1, 0.15) is 5.56 Å². The van der Waals surface area contributed by atoms with Crippen LogP contribution in [-0.4, -0.2) is 18.1 Å². The zero-order chi connectivity index (χ0) is 10.4. The highest BCUT2D eigenvalue weighted by atomic mass is 19.1. The van der Waals surface area contributed by atoms with Crippen molar-refractivity contribution in [2.75, 3.05) is 13.2 Å². The molecular formula is C9H11FN2O2. The zero-order valence-corrected chi connectivity index (χ0v) is 7.57. The van der Waals surface area contributed by atoms with Crippen LogP contribution in [-0.2, 0) is 6.54 Å². The van der Waals surface area contributed by atoms with Crippen molar-refractivity contribution in [3.05, 3.63) is 39.9 Å². The minimum atomic E-state index is -0.472. The van der Waals surface area contributed by atoms with Crippen molar-refractivity contribution < 1.29 is 9.31 Å². The molecule has 0 aliphatic heterocycles. The number of halogens is 1. The van der Waals surface area contributed by atoms with Crippen molar-refractivity contribution in [3.63, 3.8) is 0 Å². The van der Waals surface area contributed by atoms with Crippen LogP contribution in [0.2, 0.25) is 0 Å². The Bertz CT molecular complexity index is 317. The second-order valence-corrected chi connectivity index (χ2v) is 2.75. The van der Waals surface area contributed by atoms with Crippen LogP contribution >= 0.6 is 0 Å². The number of benzene rings is 1. The van der Waals surface area contributed by atoms with Gasteiger partial charge < -0.3 is 5.32 Å². The number of para-hydroxylation sites is 1. The van der Waals surface area contributed by atoms with E-state index in [0.717, 1.165) is 0 Å². The Hall–Kier alpha value is -1.49. The lowest BCUT2D eigenvalue weighted by atomic mass is 10.2. The maximum absolute atomic E-state index is 11.8. The fourth-order valence-electron chi connectivity index (χ4n) is 1.13. The lowest BCUT2D eigenvalue weighted by molar-refractivity contribution is -0.385. The van der Waals surface area contributed by atoms with Gasteiger partial charge in [0.2, 0.25) is 0 Å². The van der Waals surface area contributed by atoms with E-state index in [1.165, 1.54) is 6.07 Å². The molecule has 14 heavy (non-hydrogen) atoms. The molecular weight excluding hydrogens is 187 g/mol. The summed E-state index contributed by atoms with van der Waals surface area (Å²) in [5.41, 5.74) is 0.643. The molecule has 0 heterocycles. The number of nitrogens with one attached hydrogen (secondary N) is 1. The molecule has 0 radical (unpaired) electrons. The van der Waals surface area contributed by atoms with Crippen molar-refractivity contribution >= 4 is 5.69 Å². The first-order valence-corrected chi connectivity index (χ1v) is 4.24. The van der Waals surface area contributed by atoms with Gasteiger partial charge in [0, 0.05) is 24.7 Å². The topological polar surface area (TPSA) is 55.2 Å². The smallest absolute Gasteiger partial charge is 0.273 e. The summed E-state index contributed by atoms with van der Waals surface area (Å²) in [6.45, 7) is 0.0632. The van der Waals surface area contributed by atoms with Crippen LogP contribution in [0.25, 0.3) is 0 Å². The molecule has 0 saturated heterocycles. The summed E-state index contributed by atoms with van der Waals surface area (Å²) < 4.78 is 11.8. The van der Waals surface area contributed by atoms with Gasteiger partial charge in [0.05, 0.1) is 4.92 Å². The number of hydrogen-bond donors (Lipinski definition) is 1. The molecule has 0 spiro atoms. The third-order valence-electron chi connectivity index (χ3n) is 1.78. The molecule has 1 aromatic carbocycles. The normalized spacial score (nSPS) is 10.1. The molecule has 0 amide bonds. The Morgan fingerprint density at radius 3 is 2.79 bits per heavy atom. The van der Waals surface area contributed by atoms with E-state index in [0.29, 0.717) is 12.1 Å². The third kappa shape index (κ3) is 2.77. The highest BCUT2D eigenvalue weighted by molar-refractivity contribution is 5.39. The number of nitrogens with zero attached hydrogens (tertiary/aromatic N) is 1. The van der Waals surface area contributed by atoms with Crippen molar-refractivity contribution in [1.82, 2.24) is 5.32 Å². The summed E-state index contributed by atoms with van der Waals surface area (Å²) in [4.78, 5) is 10.1. The Kier molecular flexibility index (Phi) is 4.00.